The molecule has 0 fully saturated rings. The number of carbonyl (C=O) groups excluding carboxylic acids is 1. The van der Waals surface area contributed by atoms with Crippen molar-refractivity contribution in [3.63, 3.8) is 0 Å². The lowest BCUT2D eigenvalue weighted by atomic mass is 10.1. The number of carbonyl (C=O) groups is 1. The van der Waals surface area contributed by atoms with Crippen LogP contribution in [0.1, 0.15) is 15.9 Å². The van der Waals surface area contributed by atoms with Crippen molar-refractivity contribution in [3.8, 4) is 5.75 Å². The fourth-order valence-corrected chi connectivity index (χ4v) is 3.72. The Kier molecular flexibility index (Phi) is 6.44. The molecule has 0 aliphatic carbocycles. The van der Waals surface area contributed by atoms with Crippen LogP contribution in [0.2, 0.25) is 0 Å². The second kappa shape index (κ2) is 8.37. The van der Waals surface area contributed by atoms with Crippen molar-refractivity contribution in [2.24, 2.45) is 0 Å². The summed E-state index contributed by atoms with van der Waals surface area (Å²) in [5, 5.41) is 2.64. The molecule has 1 amide bonds. The molecule has 2 aromatic rings. The quantitative estimate of drug-likeness (QED) is 0.693. The number of aryl methyl sites for hydroxylation is 1. The lowest BCUT2D eigenvalue weighted by molar-refractivity contribution is 0.0957. The Bertz CT molecular complexity index is 942. The zero-order valence-electron chi connectivity index (χ0n) is 14.4. The predicted octanol–water partition coefficient (Wildman–Crippen LogP) is 3.44. The van der Waals surface area contributed by atoms with E-state index in [2.05, 4.69) is 32.5 Å². The van der Waals surface area contributed by atoms with Gasteiger partial charge >= 0.3 is 0 Å². The van der Waals surface area contributed by atoms with Gasteiger partial charge in [-0.1, -0.05) is 40.7 Å². The molecule has 0 atom stereocenters. The maximum atomic E-state index is 12.8. The fraction of sp³-hybridized carbons (Fsp3) is 0.167. The number of halogens is 1. The minimum atomic E-state index is -3.90. The average molecular weight is 439 g/mol. The van der Waals surface area contributed by atoms with Crippen LogP contribution in [0.4, 0.5) is 5.69 Å². The van der Waals surface area contributed by atoms with E-state index in [9.17, 15) is 13.2 Å². The minimum Gasteiger partial charge on any atom is -0.495 e. The van der Waals surface area contributed by atoms with Gasteiger partial charge in [0, 0.05) is 16.6 Å². The normalized spacial score (nSPS) is 10.9. The van der Waals surface area contributed by atoms with Gasteiger partial charge in [0.15, 0.2) is 0 Å². The van der Waals surface area contributed by atoms with E-state index in [1.165, 1.54) is 13.2 Å². The molecule has 2 N–H and O–H groups in total. The molecule has 138 valence electrons. The third-order valence-corrected chi connectivity index (χ3v) is 5.32. The van der Waals surface area contributed by atoms with Gasteiger partial charge in [0.25, 0.3) is 15.9 Å². The molecule has 0 aromatic heterocycles. The molecule has 0 saturated heterocycles. The Morgan fingerprint density at radius 2 is 1.92 bits per heavy atom. The van der Waals surface area contributed by atoms with Gasteiger partial charge in [0.1, 0.15) is 5.75 Å². The van der Waals surface area contributed by atoms with Crippen molar-refractivity contribution in [3.05, 3.63) is 64.7 Å². The van der Waals surface area contributed by atoms with Crippen LogP contribution in [0.25, 0.3) is 0 Å². The average Bonchev–Trinajstić information content (AvgIpc) is 2.60. The second-order valence-electron chi connectivity index (χ2n) is 5.49. The third kappa shape index (κ3) is 4.86. The van der Waals surface area contributed by atoms with Gasteiger partial charge in [-0.3, -0.25) is 9.52 Å². The highest BCUT2D eigenvalue weighted by Crippen LogP contribution is 2.27. The first kappa shape index (κ1) is 20.0. The van der Waals surface area contributed by atoms with Crippen molar-refractivity contribution in [1.29, 1.82) is 0 Å². The molecule has 0 saturated carbocycles. The van der Waals surface area contributed by atoms with Crippen molar-refractivity contribution in [2.75, 3.05) is 18.4 Å². The van der Waals surface area contributed by atoms with E-state index in [4.69, 9.17) is 4.74 Å². The lowest BCUT2D eigenvalue weighted by Crippen LogP contribution is -2.25. The van der Waals surface area contributed by atoms with Crippen LogP contribution >= 0.6 is 15.9 Å². The lowest BCUT2D eigenvalue weighted by Gasteiger charge is -2.14. The van der Waals surface area contributed by atoms with Gasteiger partial charge < -0.3 is 10.1 Å². The number of amides is 1. The highest BCUT2D eigenvalue weighted by atomic mass is 79.9. The maximum Gasteiger partial charge on any atom is 0.262 e. The number of benzene rings is 2. The predicted molar refractivity (Wildman–Crippen MR) is 105 cm³/mol. The first-order chi connectivity index (χ1) is 12.2. The van der Waals surface area contributed by atoms with Crippen LogP contribution in [0.3, 0.4) is 0 Å². The molecule has 0 aliphatic heterocycles. The number of nitrogens with one attached hydrogen (secondary N) is 2. The monoisotopic (exact) mass is 438 g/mol. The Morgan fingerprint density at radius 1 is 1.23 bits per heavy atom. The van der Waals surface area contributed by atoms with Crippen molar-refractivity contribution < 1.29 is 17.9 Å². The SMILES string of the molecule is C=C(Br)CNC(=O)c1ccc(C)c(S(=O)(=O)Nc2ccccc2OC)c1. The van der Waals surface area contributed by atoms with E-state index in [0.717, 1.165) is 0 Å². The van der Waals surface area contributed by atoms with E-state index in [1.807, 2.05) is 0 Å². The number of anilines is 1. The fourth-order valence-electron chi connectivity index (χ4n) is 2.24. The summed E-state index contributed by atoms with van der Waals surface area (Å²) in [6, 6.07) is 11.2. The smallest absolute Gasteiger partial charge is 0.262 e. The zero-order chi connectivity index (χ0) is 19.3. The molecule has 6 nitrogen and oxygen atoms in total. The standard InChI is InChI=1S/C18H19BrN2O4S/c1-12-8-9-14(18(22)20-11-13(2)19)10-17(12)26(23,24)21-15-6-4-5-7-16(15)25-3/h4-10,21H,2,11H2,1,3H3,(H,20,22). The Balaban J connectivity index is 2.35. The van der Waals surface area contributed by atoms with Gasteiger partial charge in [0.05, 0.1) is 17.7 Å². The first-order valence-electron chi connectivity index (χ1n) is 7.62. The summed E-state index contributed by atoms with van der Waals surface area (Å²) in [7, 11) is -2.44. The maximum absolute atomic E-state index is 12.8. The summed E-state index contributed by atoms with van der Waals surface area (Å²) in [4.78, 5) is 12.2. The second-order valence-corrected chi connectivity index (χ2v) is 8.26. The molecular weight excluding hydrogens is 420 g/mol. The highest BCUT2D eigenvalue weighted by molar-refractivity contribution is 9.11. The topological polar surface area (TPSA) is 84.5 Å². The number of ether oxygens (including phenoxy) is 1. The summed E-state index contributed by atoms with van der Waals surface area (Å²) >= 11 is 3.16. The molecule has 8 heteroatoms. The summed E-state index contributed by atoms with van der Waals surface area (Å²) in [5.41, 5.74) is 1.08. The van der Waals surface area contributed by atoms with Gasteiger partial charge in [-0.2, -0.15) is 0 Å². The van der Waals surface area contributed by atoms with Gasteiger partial charge in [-0.05, 0) is 36.8 Å². The number of para-hydroxylation sites is 2. The number of methoxy groups -OCH3 is 1. The summed E-state index contributed by atoms with van der Waals surface area (Å²) in [6.45, 7) is 5.55. The first-order valence-corrected chi connectivity index (χ1v) is 9.90. The van der Waals surface area contributed by atoms with Crippen molar-refractivity contribution in [2.45, 2.75) is 11.8 Å². The minimum absolute atomic E-state index is 0.0220. The van der Waals surface area contributed by atoms with E-state index in [-0.39, 0.29) is 22.9 Å². The molecule has 0 spiro atoms. The van der Waals surface area contributed by atoms with Crippen LogP contribution in [0, 0.1) is 6.92 Å². The van der Waals surface area contributed by atoms with Crippen LogP contribution < -0.4 is 14.8 Å². The molecule has 0 heterocycles. The number of sulfonamides is 1. The molecular formula is C18H19BrN2O4S. The summed E-state index contributed by atoms with van der Waals surface area (Å²) < 4.78 is 33.9. The van der Waals surface area contributed by atoms with Gasteiger partial charge in [-0.15, -0.1) is 0 Å². The third-order valence-electron chi connectivity index (χ3n) is 3.53. The van der Waals surface area contributed by atoms with Crippen LogP contribution in [0.5, 0.6) is 5.75 Å². The number of rotatable bonds is 7. The Hall–Kier alpha value is -2.32. The highest BCUT2D eigenvalue weighted by Gasteiger charge is 2.20. The molecule has 0 aliphatic rings. The van der Waals surface area contributed by atoms with Crippen molar-refractivity contribution >= 4 is 37.5 Å². The van der Waals surface area contributed by atoms with Crippen LogP contribution in [-0.4, -0.2) is 28.0 Å². The van der Waals surface area contributed by atoms with Crippen LogP contribution in [0.15, 0.2) is 58.4 Å². The Labute approximate surface area is 161 Å². The molecule has 2 aromatic carbocycles. The number of hydrogen-bond acceptors (Lipinski definition) is 4. The van der Waals surface area contributed by atoms with Crippen molar-refractivity contribution in [1.82, 2.24) is 5.32 Å². The Morgan fingerprint density at radius 3 is 2.58 bits per heavy atom. The van der Waals surface area contributed by atoms with E-state index >= 15 is 0 Å². The van der Waals surface area contributed by atoms with E-state index in [1.54, 1.807) is 43.3 Å². The molecule has 2 rings (SSSR count). The van der Waals surface area contributed by atoms with Crippen LogP contribution in [-0.2, 0) is 10.0 Å². The van der Waals surface area contributed by atoms with E-state index in [0.29, 0.717) is 21.5 Å². The zero-order valence-corrected chi connectivity index (χ0v) is 16.8. The van der Waals surface area contributed by atoms with E-state index < -0.39 is 10.0 Å². The summed E-state index contributed by atoms with van der Waals surface area (Å²) in [5.74, 6) is 0.0119. The van der Waals surface area contributed by atoms with Gasteiger partial charge in [-0.25, -0.2) is 8.42 Å². The molecule has 0 radical (unpaired) electrons. The summed E-state index contributed by atoms with van der Waals surface area (Å²) in [6.07, 6.45) is 0. The largest absolute Gasteiger partial charge is 0.495 e. The molecule has 0 bridgehead atoms. The number of hydrogen-bond donors (Lipinski definition) is 2. The van der Waals surface area contributed by atoms with Gasteiger partial charge in [0.2, 0.25) is 0 Å². The molecule has 0 unspecified atom stereocenters. The molecule has 26 heavy (non-hydrogen) atoms.